The molecular weight excluding hydrogens is 237 g/mol. The van der Waals surface area contributed by atoms with Gasteiger partial charge in [-0.15, -0.1) is 0 Å². The molecular formula is C15H24BNO2. The summed E-state index contributed by atoms with van der Waals surface area (Å²) >= 11 is 0. The second kappa shape index (κ2) is 7.08. The van der Waals surface area contributed by atoms with Crippen molar-refractivity contribution in [2.45, 2.75) is 39.2 Å². The molecule has 4 heteroatoms. The van der Waals surface area contributed by atoms with Crippen LogP contribution in [0, 0.1) is 5.92 Å². The van der Waals surface area contributed by atoms with Crippen LogP contribution in [0.1, 0.15) is 38.2 Å². The van der Waals surface area contributed by atoms with E-state index in [4.69, 9.17) is 0 Å². The van der Waals surface area contributed by atoms with Crippen LogP contribution in [0.25, 0.3) is 0 Å². The monoisotopic (exact) mass is 261 g/mol. The fourth-order valence-electron chi connectivity index (χ4n) is 2.96. The summed E-state index contributed by atoms with van der Waals surface area (Å²) in [5.74, 6) is 0.865. The van der Waals surface area contributed by atoms with Crippen LogP contribution >= 0.6 is 0 Å². The molecule has 1 aliphatic rings. The Bertz CT molecular complexity index is 397. The molecule has 1 unspecified atom stereocenters. The van der Waals surface area contributed by atoms with Crippen LogP contribution in [0.4, 0.5) is 0 Å². The lowest BCUT2D eigenvalue weighted by Crippen LogP contribution is -2.36. The van der Waals surface area contributed by atoms with Gasteiger partial charge in [-0.1, -0.05) is 37.6 Å². The van der Waals surface area contributed by atoms with E-state index >= 15 is 0 Å². The predicted molar refractivity (Wildman–Crippen MR) is 79.2 cm³/mol. The Hall–Kier alpha value is -0.835. The molecule has 0 bridgehead atoms. The molecule has 1 heterocycles. The highest BCUT2D eigenvalue weighted by Gasteiger charge is 2.19. The molecule has 0 aromatic heterocycles. The van der Waals surface area contributed by atoms with E-state index in [0.717, 1.165) is 31.1 Å². The Morgan fingerprint density at radius 2 is 2.00 bits per heavy atom. The van der Waals surface area contributed by atoms with Crippen molar-refractivity contribution in [3.63, 3.8) is 0 Å². The van der Waals surface area contributed by atoms with E-state index < -0.39 is 7.12 Å². The van der Waals surface area contributed by atoms with Gasteiger partial charge in [0.05, 0.1) is 0 Å². The number of likely N-dealkylation sites (tertiary alicyclic amines) is 1. The summed E-state index contributed by atoms with van der Waals surface area (Å²) < 4.78 is 0. The molecule has 1 aromatic rings. The first-order chi connectivity index (χ1) is 9.20. The van der Waals surface area contributed by atoms with Gasteiger partial charge in [-0.2, -0.15) is 0 Å². The van der Waals surface area contributed by atoms with Gasteiger partial charge >= 0.3 is 7.12 Å². The van der Waals surface area contributed by atoms with Crippen molar-refractivity contribution in [2.24, 2.45) is 5.92 Å². The van der Waals surface area contributed by atoms with Gasteiger partial charge in [-0.3, -0.25) is 4.90 Å². The van der Waals surface area contributed by atoms with Crippen molar-refractivity contribution in [2.75, 3.05) is 13.1 Å². The van der Waals surface area contributed by atoms with Crippen molar-refractivity contribution in [3.05, 3.63) is 29.8 Å². The van der Waals surface area contributed by atoms with Crippen LogP contribution in [-0.2, 0) is 6.54 Å². The van der Waals surface area contributed by atoms with Crippen molar-refractivity contribution < 1.29 is 10.0 Å². The summed E-state index contributed by atoms with van der Waals surface area (Å²) in [5, 5.41) is 18.8. The fraction of sp³-hybridized carbons (Fsp3) is 0.600. The third kappa shape index (κ3) is 4.06. The normalized spacial score (nSPS) is 21.1. The molecule has 1 aliphatic heterocycles. The lowest BCUT2D eigenvalue weighted by atomic mass is 9.77. The molecule has 0 amide bonds. The molecule has 3 nitrogen and oxygen atoms in total. The fourth-order valence-corrected chi connectivity index (χ4v) is 2.96. The Kier molecular flexibility index (Phi) is 5.43. The molecule has 2 N–H and O–H groups in total. The lowest BCUT2D eigenvalue weighted by molar-refractivity contribution is 0.272. The first-order valence-corrected chi connectivity index (χ1v) is 7.37. The highest BCUT2D eigenvalue weighted by Crippen LogP contribution is 2.21. The molecule has 0 spiro atoms. The van der Waals surface area contributed by atoms with Crippen LogP contribution in [0.5, 0.6) is 0 Å². The number of rotatable bonds is 4. The van der Waals surface area contributed by atoms with Gasteiger partial charge in [0.15, 0.2) is 0 Å². The maximum absolute atomic E-state index is 9.41. The van der Waals surface area contributed by atoms with Crippen LogP contribution in [-0.4, -0.2) is 35.2 Å². The lowest BCUT2D eigenvalue weighted by Gasteiger charge is -2.21. The second-order valence-corrected chi connectivity index (χ2v) is 5.55. The third-order valence-electron chi connectivity index (χ3n) is 4.24. The Balaban J connectivity index is 2.01. The smallest absolute Gasteiger partial charge is 0.423 e. The molecule has 0 saturated carbocycles. The summed E-state index contributed by atoms with van der Waals surface area (Å²) in [6, 6.07) is 7.62. The number of nitrogens with zero attached hydrogens (tertiary/aromatic N) is 1. The molecule has 19 heavy (non-hydrogen) atoms. The van der Waals surface area contributed by atoms with Crippen LogP contribution < -0.4 is 5.46 Å². The van der Waals surface area contributed by atoms with Gasteiger partial charge in [0.2, 0.25) is 0 Å². The van der Waals surface area contributed by atoms with Gasteiger partial charge in [0.1, 0.15) is 0 Å². The molecule has 1 saturated heterocycles. The largest absolute Gasteiger partial charge is 0.488 e. The molecule has 1 atom stereocenters. The van der Waals surface area contributed by atoms with E-state index in [1.165, 1.54) is 25.7 Å². The van der Waals surface area contributed by atoms with E-state index in [-0.39, 0.29) is 0 Å². The van der Waals surface area contributed by atoms with Crippen LogP contribution in [0.2, 0.25) is 0 Å². The van der Waals surface area contributed by atoms with Gasteiger partial charge in [0, 0.05) is 6.54 Å². The maximum atomic E-state index is 9.41. The maximum Gasteiger partial charge on any atom is 0.488 e. The van der Waals surface area contributed by atoms with Crippen molar-refractivity contribution in [1.29, 1.82) is 0 Å². The Morgan fingerprint density at radius 3 is 2.74 bits per heavy atom. The SMILES string of the molecule is CCC1CCCN(Cc2ccccc2B(O)O)CC1. The Morgan fingerprint density at radius 1 is 1.21 bits per heavy atom. The molecule has 1 aromatic carbocycles. The van der Waals surface area contributed by atoms with E-state index in [9.17, 15) is 10.0 Å². The predicted octanol–water partition coefficient (Wildman–Crippen LogP) is 1.38. The van der Waals surface area contributed by atoms with Gasteiger partial charge < -0.3 is 10.0 Å². The quantitative estimate of drug-likeness (QED) is 0.805. The third-order valence-corrected chi connectivity index (χ3v) is 4.24. The van der Waals surface area contributed by atoms with Gasteiger partial charge in [-0.25, -0.2) is 0 Å². The Labute approximate surface area is 116 Å². The van der Waals surface area contributed by atoms with Crippen LogP contribution in [0.15, 0.2) is 24.3 Å². The van der Waals surface area contributed by atoms with Crippen LogP contribution in [0.3, 0.4) is 0 Å². The van der Waals surface area contributed by atoms with E-state index in [2.05, 4.69) is 11.8 Å². The summed E-state index contributed by atoms with van der Waals surface area (Å²) in [6.45, 7) is 5.34. The molecule has 104 valence electrons. The average molecular weight is 261 g/mol. The summed E-state index contributed by atoms with van der Waals surface area (Å²) in [4.78, 5) is 2.44. The van der Waals surface area contributed by atoms with E-state index in [0.29, 0.717) is 5.46 Å². The first kappa shape index (κ1) is 14.6. The van der Waals surface area contributed by atoms with Crippen molar-refractivity contribution >= 4 is 12.6 Å². The zero-order chi connectivity index (χ0) is 13.7. The number of hydrogen-bond donors (Lipinski definition) is 2. The highest BCUT2D eigenvalue weighted by atomic mass is 16.4. The average Bonchev–Trinajstić information content (AvgIpc) is 2.64. The first-order valence-electron chi connectivity index (χ1n) is 7.37. The van der Waals surface area contributed by atoms with E-state index in [1.807, 2.05) is 18.2 Å². The topological polar surface area (TPSA) is 43.7 Å². The number of benzene rings is 1. The molecule has 2 rings (SSSR count). The minimum atomic E-state index is -1.37. The zero-order valence-corrected chi connectivity index (χ0v) is 11.8. The minimum Gasteiger partial charge on any atom is -0.423 e. The molecule has 0 aliphatic carbocycles. The van der Waals surface area contributed by atoms with Gasteiger partial charge in [-0.05, 0) is 49.3 Å². The van der Waals surface area contributed by atoms with Crippen molar-refractivity contribution in [1.82, 2.24) is 4.90 Å². The second-order valence-electron chi connectivity index (χ2n) is 5.55. The van der Waals surface area contributed by atoms with E-state index in [1.54, 1.807) is 6.07 Å². The zero-order valence-electron chi connectivity index (χ0n) is 11.8. The summed E-state index contributed by atoms with van der Waals surface area (Å²) in [6.07, 6.45) is 5.12. The molecule has 0 radical (unpaired) electrons. The minimum absolute atomic E-state index is 0.638. The molecule has 1 fully saturated rings. The van der Waals surface area contributed by atoms with Crippen molar-refractivity contribution in [3.8, 4) is 0 Å². The highest BCUT2D eigenvalue weighted by molar-refractivity contribution is 6.59. The summed E-state index contributed by atoms with van der Waals surface area (Å²) in [7, 11) is -1.37. The van der Waals surface area contributed by atoms with Gasteiger partial charge in [0.25, 0.3) is 0 Å². The number of hydrogen-bond acceptors (Lipinski definition) is 3. The summed E-state index contributed by atoms with van der Waals surface area (Å²) in [5.41, 5.74) is 1.67. The standard InChI is InChI=1S/C15H24BNO2/c1-2-13-6-5-10-17(11-9-13)12-14-7-3-4-8-15(14)16(18)19/h3-4,7-8,13,18-19H,2,5-6,9-12H2,1H3.